The van der Waals surface area contributed by atoms with Gasteiger partial charge in [-0.15, -0.1) is 0 Å². The molecule has 2 nitrogen and oxygen atoms in total. The van der Waals surface area contributed by atoms with Crippen molar-refractivity contribution in [3.63, 3.8) is 0 Å². The van der Waals surface area contributed by atoms with Crippen molar-refractivity contribution in [2.75, 3.05) is 0 Å². The van der Waals surface area contributed by atoms with Gasteiger partial charge in [0.05, 0.1) is 0 Å². The second-order valence-electron chi connectivity index (χ2n) is 2.57. The molecular weight excluding hydrogens is 126 g/mol. The van der Waals surface area contributed by atoms with Gasteiger partial charge in [0.2, 0.25) is 13.1 Å². The van der Waals surface area contributed by atoms with Crippen molar-refractivity contribution in [1.29, 1.82) is 0 Å². The molecule has 1 aromatic carbocycles. The van der Waals surface area contributed by atoms with Gasteiger partial charge >= 0.3 is 0 Å². The van der Waals surface area contributed by atoms with Crippen molar-refractivity contribution in [3.8, 4) is 0 Å². The molecule has 0 radical (unpaired) electrons. The molecule has 1 aromatic rings. The summed E-state index contributed by atoms with van der Waals surface area (Å²) in [5, 5.41) is 0. The molecule has 0 aromatic heterocycles. The Bertz CT molecular complexity index is 253. The molecule has 2 heteroatoms. The Kier molecular flexibility index (Phi) is 1.07. The summed E-state index contributed by atoms with van der Waals surface area (Å²) < 4.78 is 1.07. The Morgan fingerprint density at radius 3 is 2.10 bits per heavy atom. The van der Waals surface area contributed by atoms with Gasteiger partial charge in [0.1, 0.15) is 0 Å². The summed E-state index contributed by atoms with van der Waals surface area (Å²) in [5.41, 5.74) is 2.36. The fraction of sp³-hybridized carbons (Fsp3) is 0.250. The predicted octanol–water partition coefficient (Wildman–Crippen LogP) is 1.48. The van der Waals surface area contributed by atoms with E-state index in [0.717, 1.165) is 4.76 Å². The van der Waals surface area contributed by atoms with E-state index < -0.39 is 0 Å². The molecular formula is C8H8NO+. The van der Waals surface area contributed by atoms with Gasteiger partial charge in [-0.2, -0.15) is 0 Å². The van der Waals surface area contributed by atoms with Gasteiger partial charge in [-0.3, -0.25) is 0 Å². The maximum Gasteiger partial charge on any atom is 0.218 e. The third-order valence-electron chi connectivity index (χ3n) is 1.81. The molecule has 0 aliphatic carbocycles. The van der Waals surface area contributed by atoms with Crippen LogP contribution in [0.5, 0.6) is 0 Å². The average Bonchev–Trinajstić information content (AvgIpc) is 2.27. The first-order chi connectivity index (χ1) is 4.86. The zero-order valence-corrected chi connectivity index (χ0v) is 5.58. The Morgan fingerprint density at radius 2 is 1.60 bits per heavy atom. The molecule has 0 atom stereocenters. The van der Waals surface area contributed by atoms with Gasteiger partial charge in [-0.25, -0.2) is 0 Å². The van der Waals surface area contributed by atoms with E-state index >= 15 is 0 Å². The Labute approximate surface area is 59.1 Å². The van der Waals surface area contributed by atoms with Crippen LogP contribution in [0.25, 0.3) is 0 Å². The van der Waals surface area contributed by atoms with Crippen LogP contribution >= 0.6 is 0 Å². The van der Waals surface area contributed by atoms with Crippen LogP contribution in [0.2, 0.25) is 0 Å². The van der Waals surface area contributed by atoms with Crippen molar-refractivity contribution in [2.24, 2.45) is 0 Å². The van der Waals surface area contributed by atoms with Crippen molar-refractivity contribution in [2.45, 2.75) is 13.1 Å². The van der Waals surface area contributed by atoms with Crippen LogP contribution in [0.1, 0.15) is 11.1 Å². The Hall–Kier alpha value is -1.18. The van der Waals surface area contributed by atoms with Crippen molar-refractivity contribution in [1.82, 2.24) is 0 Å². The number of nitroso groups, excluding NO2 is 1. The highest BCUT2D eigenvalue weighted by Gasteiger charge is 2.22. The monoisotopic (exact) mass is 134 g/mol. The van der Waals surface area contributed by atoms with Gasteiger partial charge in [0.25, 0.3) is 0 Å². The number of hydrogen-bond acceptors (Lipinski definition) is 1. The van der Waals surface area contributed by atoms with Gasteiger partial charge < -0.3 is 0 Å². The first-order valence-corrected chi connectivity index (χ1v) is 3.35. The van der Waals surface area contributed by atoms with Gasteiger partial charge in [-0.1, -0.05) is 24.3 Å². The minimum absolute atomic E-state index is 0.566. The zero-order valence-electron chi connectivity index (χ0n) is 5.58. The lowest BCUT2D eigenvalue weighted by atomic mass is 10.1. The van der Waals surface area contributed by atoms with Crippen molar-refractivity contribution in [3.05, 3.63) is 40.3 Å². The molecule has 0 N–H and O–H groups in total. The maximum absolute atomic E-state index is 10.8. The standard InChI is InChI=1S/C8H8NO/c10-9-5-7-3-1-2-4-8(7)6-9/h1-4H,5-6H2/q+1. The van der Waals surface area contributed by atoms with Gasteiger partial charge in [0, 0.05) is 20.8 Å². The highest BCUT2D eigenvalue weighted by atomic mass is 16.3. The van der Waals surface area contributed by atoms with Gasteiger partial charge in [0.15, 0.2) is 0 Å². The lowest BCUT2D eigenvalue weighted by Crippen LogP contribution is -1.94. The number of rotatable bonds is 0. The number of fused-ring (bicyclic) bond motifs is 1. The fourth-order valence-electron chi connectivity index (χ4n) is 1.30. The molecule has 0 amide bonds. The summed E-state index contributed by atoms with van der Waals surface area (Å²) in [4.78, 5) is 10.8. The molecule has 0 spiro atoms. The topological polar surface area (TPSA) is 20.1 Å². The van der Waals surface area contributed by atoms with Crippen molar-refractivity contribution < 1.29 is 4.76 Å². The van der Waals surface area contributed by atoms with Crippen molar-refractivity contribution >= 4 is 0 Å². The normalized spacial score (nSPS) is 15.4. The number of benzene rings is 1. The van der Waals surface area contributed by atoms with E-state index in [2.05, 4.69) is 0 Å². The number of hydrogen-bond donors (Lipinski definition) is 0. The lowest BCUT2D eigenvalue weighted by molar-refractivity contribution is -0.569. The van der Waals surface area contributed by atoms with E-state index in [4.69, 9.17) is 0 Å². The summed E-state index contributed by atoms with van der Waals surface area (Å²) in [5.74, 6) is 0. The first kappa shape index (κ1) is 5.59. The van der Waals surface area contributed by atoms with E-state index in [1.807, 2.05) is 24.3 Å². The van der Waals surface area contributed by atoms with E-state index in [1.54, 1.807) is 0 Å². The third kappa shape index (κ3) is 0.727. The van der Waals surface area contributed by atoms with E-state index in [9.17, 15) is 4.91 Å². The second-order valence-corrected chi connectivity index (χ2v) is 2.57. The highest BCUT2D eigenvalue weighted by Crippen LogP contribution is 2.17. The third-order valence-corrected chi connectivity index (χ3v) is 1.81. The molecule has 0 fully saturated rings. The van der Waals surface area contributed by atoms with Crippen LogP contribution in [-0.4, -0.2) is 4.76 Å². The summed E-state index contributed by atoms with van der Waals surface area (Å²) >= 11 is 0. The second kappa shape index (κ2) is 1.90. The summed E-state index contributed by atoms with van der Waals surface area (Å²) in [6.07, 6.45) is 0. The maximum atomic E-state index is 10.8. The van der Waals surface area contributed by atoms with E-state index in [1.165, 1.54) is 11.1 Å². The predicted molar refractivity (Wildman–Crippen MR) is 37.5 cm³/mol. The minimum Gasteiger partial charge on any atom is -0.0617 e. The van der Waals surface area contributed by atoms with Crippen LogP contribution in [-0.2, 0) is 13.1 Å². The summed E-state index contributed by atoms with van der Waals surface area (Å²) in [6, 6.07) is 7.95. The molecule has 0 bridgehead atoms. The molecule has 1 heterocycles. The first-order valence-electron chi connectivity index (χ1n) is 3.35. The zero-order chi connectivity index (χ0) is 6.97. The lowest BCUT2D eigenvalue weighted by Gasteiger charge is -1.86. The minimum atomic E-state index is 0.566. The molecule has 50 valence electrons. The van der Waals surface area contributed by atoms with E-state index in [-0.39, 0.29) is 0 Å². The van der Waals surface area contributed by atoms with Crippen LogP contribution in [0.4, 0.5) is 0 Å². The molecule has 0 unspecified atom stereocenters. The molecule has 2 rings (SSSR count). The molecule has 1 aliphatic rings. The SMILES string of the molecule is O=[N+]1Cc2ccccc2C1. The summed E-state index contributed by atoms with van der Waals surface area (Å²) in [6.45, 7) is 1.13. The molecule has 10 heavy (non-hydrogen) atoms. The van der Waals surface area contributed by atoms with Crippen LogP contribution < -0.4 is 0 Å². The van der Waals surface area contributed by atoms with Crippen LogP contribution in [0, 0.1) is 4.91 Å². The van der Waals surface area contributed by atoms with Crippen LogP contribution in [0.15, 0.2) is 24.3 Å². The fourth-order valence-corrected chi connectivity index (χ4v) is 1.30. The Balaban J connectivity index is 2.51. The Morgan fingerprint density at radius 1 is 1.10 bits per heavy atom. The smallest absolute Gasteiger partial charge is 0.0617 e. The number of nitrogens with zero attached hydrogens (tertiary/aromatic N) is 1. The molecule has 0 saturated heterocycles. The average molecular weight is 134 g/mol. The molecule has 0 saturated carbocycles. The highest BCUT2D eigenvalue weighted by molar-refractivity contribution is 5.27. The quantitative estimate of drug-likeness (QED) is 0.492. The van der Waals surface area contributed by atoms with E-state index in [0.29, 0.717) is 13.1 Å². The summed E-state index contributed by atoms with van der Waals surface area (Å²) in [7, 11) is 0. The van der Waals surface area contributed by atoms with Gasteiger partial charge in [-0.05, 0) is 0 Å². The largest absolute Gasteiger partial charge is 0.218 e. The molecule has 1 aliphatic heterocycles. The van der Waals surface area contributed by atoms with Crippen LogP contribution in [0.3, 0.4) is 0 Å².